The van der Waals surface area contributed by atoms with E-state index in [2.05, 4.69) is 19.2 Å². The van der Waals surface area contributed by atoms with Gasteiger partial charge in [-0.2, -0.15) is 0 Å². The zero-order valence-electron chi connectivity index (χ0n) is 38.1. The normalized spacial score (nSPS) is 20.6. The molecule has 334 valence electrons. The Balaban J connectivity index is 1.77. The molecule has 0 aromatic heterocycles. The Morgan fingerprint density at radius 2 is 1.49 bits per heavy atom. The first-order valence-corrected chi connectivity index (χ1v) is 21.9. The van der Waals surface area contributed by atoms with Crippen LogP contribution < -0.4 is 5.32 Å². The van der Waals surface area contributed by atoms with Gasteiger partial charge in [-0.3, -0.25) is 19.2 Å². The van der Waals surface area contributed by atoms with Crippen molar-refractivity contribution in [1.29, 1.82) is 0 Å². The summed E-state index contributed by atoms with van der Waals surface area (Å²) >= 11 is 0. The zero-order chi connectivity index (χ0) is 44.0. The van der Waals surface area contributed by atoms with E-state index in [9.17, 15) is 24.0 Å². The van der Waals surface area contributed by atoms with Crippen molar-refractivity contribution < 1.29 is 42.9 Å². The first-order chi connectivity index (χ1) is 28.0. The van der Waals surface area contributed by atoms with Gasteiger partial charge in [0.2, 0.25) is 11.8 Å². The number of nitrogens with one attached hydrogen (secondary N) is 1. The van der Waals surface area contributed by atoms with Gasteiger partial charge < -0.3 is 39.0 Å². The average Bonchev–Trinajstić information content (AvgIpc) is 3.71. The largest absolute Gasteiger partial charge is 0.441 e. The molecule has 0 radical (unpaired) electrons. The molecule has 13 nitrogen and oxygen atoms in total. The van der Waals surface area contributed by atoms with Crippen molar-refractivity contribution in [1.82, 2.24) is 20.0 Å². The molecule has 0 saturated carbocycles. The van der Waals surface area contributed by atoms with Gasteiger partial charge in [0, 0.05) is 71.5 Å². The molecule has 3 amide bonds. The van der Waals surface area contributed by atoms with Gasteiger partial charge in [-0.15, -0.1) is 0 Å². The maximum Gasteiger partial charge on any atom is 0.410 e. The van der Waals surface area contributed by atoms with Crippen LogP contribution in [0.2, 0.25) is 0 Å². The van der Waals surface area contributed by atoms with Crippen molar-refractivity contribution in [2.75, 3.05) is 61.2 Å². The summed E-state index contributed by atoms with van der Waals surface area (Å²) in [5, 5.41) is 3.12. The smallest absolute Gasteiger partial charge is 0.410 e. The minimum absolute atomic E-state index is 0.000443. The Labute approximate surface area is 354 Å². The molecule has 0 spiro atoms. The lowest BCUT2D eigenvalue weighted by atomic mass is 9.84. The van der Waals surface area contributed by atoms with Gasteiger partial charge >= 0.3 is 6.09 Å². The third-order valence-corrected chi connectivity index (χ3v) is 12.9. The summed E-state index contributed by atoms with van der Waals surface area (Å²) in [5.74, 6) is -1.65. The number of Topliss-reactive ketones (excluding diaryl/α,β-unsaturated/α-hetero) is 2. The number of carbonyl (C=O) groups is 5. The van der Waals surface area contributed by atoms with Crippen molar-refractivity contribution in [3.8, 4) is 0 Å². The minimum Gasteiger partial charge on any atom is -0.441 e. The van der Waals surface area contributed by atoms with Crippen LogP contribution in [0.1, 0.15) is 106 Å². The second kappa shape index (κ2) is 24.2. The number of likely N-dealkylation sites (N-methyl/N-ethyl adjacent to an activating group) is 2. The van der Waals surface area contributed by atoms with E-state index in [1.807, 2.05) is 76.8 Å². The highest BCUT2D eigenvalue weighted by Crippen LogP contribution is 2.34. The summed E-state index contributed by atoms with van der Waals surface area (Å²) in [6.07, 6.45) is 0.301. The maximum absolute atomic E-state index is 14.4. The minimum atomic E-state index is -0.635. The molecular weight excluding hydrogens is 753 g/mol. The lowest BCUT2D eigenvalue weighted by Gasteiger charge is -2.41. The molecule has 59 heavy (non-hydrogen) atoms. The molecule has 0 bridgehead atoms. The Bertz CT molecular complexity index is 1490. The standard InChI is InChI=1S/C46H76N4O9/c1-13-31(6)42(48(10)45(54)35(29(2)3)27-38(52)41(47-9)30(4)5)39(56-11)28-40(53)50-21-17-20-36(50)44(57-12)33(8)37(51)26-32(7)43(34-18-15-14-16-19-34)59-46(55)49-22-24-58-25-23-49/h14-16,18-19,29-33,35-36,39,41-44,47H,13,17,20-28H2,1-12H3/t31-,32-,33-,35-,36-,39?,41-,42-,43+,44+/m0/s1. The van der Waals surface area contributed by atoms with Crippen LogP contribution in [-0.4, -0.2) is 136 Å². The maximum atomic E-state index is 14.4. The number of ether oxygens (including phenoxy) is 4. The molecule has 2 aliphatic heterocycles. The highest BCUT2D eigenvalue weighted by atomic mass is 16.6. The summed E-state index contributed by atoms with van der Waals surface area (Å²) in [5.41, 5.74) is 0.815. The third kappa shape index (κ3) is 13.3. The molecule has 1 N–H and O–H groups in total. The molecule has 2 fully saturated rings. The van der Waals surface area contributed by atoms with E-state index in [1.165, 1.54) is 0 Å². The molecule has 13 heteroatoms. The number of benzene rings is 1. The monoisotopic (exact) mass is 829 g/mol. The Hall–Kier alpha value is -3.39. The second-order valence-corrected chi connectivity index (χ2v) is 17.6. The summed E-state index contributed by atoms with van der Waals surface area (Å²) in [6.45, 7) is 18.2. The van der Waals surface area contributed by atoms with Crippen LogP contribution in [0.3, 0.4) is 0 Å². The Morgan fingerprint density at radius 3 is 2.03 bits per heavy atom. The van der Waals surface area contributed by atoms with Gasteiger partial charge in [-0.25, -0.2) is 4.79 Å². The third-order valence-electron chi connectivity index (χ3n) is 12.9. The highest BCUT2D eigenvalue weighted by Gasteiger charge is 2.43. The number of carbonyl (C=O) groups excluding carboxylic acids is 5. The molecule has 10 atom stereocenters. The topological polar surface area (TPSA) is 144 Å². The van der Waals surface area contributed by atoms with E-state index >= 15 is 0 Å². The van der Waals surface area contributed by atoms with Gasteiger partial charge in [-0.1, -0.05) is 92.1 Å². The number of methoxy groups -OCH3 is 2. The molecule has 2 heterocycles. The first kappa shape index (κ1) is 50.0. The van der Waals surface area contributed by atoms with Gasteiger partial charge in [0.25, 0.3) is 0 Å². The number of hydrogen-bond acceptors (Lipinski definition) is 10. The van der Waals surface area contributed by atoms with E-state index in [0.717, 1.165) is 18.4 Å². The van der Waals surface area contributed by atoms with Crippen LogP contribution in [0.5, 0.6) is 0 Å². The van der Waals surface area contributed by atoms with Crippen molar-refractivity contribution in [3.63, 3.8) is 0 Å². The Kier molecular flexibility index (Phi) is 20.5. The molecule has 1 aromatic carbocycles. The van der Waals surface area contributed by atoms with Crippen LogP contribution in [0.4, 0.5) is 4.79 Å². The fourth-order valence-electron chi connectivity index (χ4n) is 9.11. The number of hydrogen-bond donors (Lipinski definition) is 1. The molecule has 0 aliphatic carbocycles. The zero-order valence-corrected chi connectivity index (χ0v) is 38.1. The summed E-state index contributed by atoms with van der Waals surface area (Å²) in [6, 6.07) is 8.41. The first-order valence-electron chi connectivity index (χ1n) is 21.9. The number of rotatable bonds is 23. The van der Waals surface area contributed by atoms with Gasteiger partial charge in [-0.05, 0) is 43.2 Å². The van der Waals surface area contributed by atoms with Crippen molar-refractivity contribution in [3.05, 3.63) is 35.9 Å². The fourth-order valence-corrected chi connectivity index (χ4v) is 9.11. The second-order valence-electron chi connectivity index (χ2n) is 17.6. The van der Waals surface area contributed by atoms with Gasteiger partial charge in [0.05, 0.1) is 50.0 Å². The quantitative estimate of drug-likeness (QED) is 0.136. The van der Waals surface area contributed by atoms with E-state index in [-0.39, 0.29) is 78.4 Å². The lowest BCUT2D eigenvalue weighted by Crippen LogP contribution is -2.54. The van der Waals surface area contributed by atoms with E-state index in [0.29, 0.717) is 39.3 Å². The number of nitrogens with zero attached hydrogens (tertiary/aromatic N) is 3. The van der Waals surface area contributed by atoms with Crippen LogP contribution in [0.15, 0.2) is 30.3 Å². The molecular formula is C46H76N4O9. The molecule has 1 aromatic rings. The Morgan fingerprint density at radius 1 is 0.847 bits per heavy atom. The van der Waals surface area contributed by atoms with Crippen LogP contribution in [0, 0.1) is 35.5 Å². The van der Waals surface area contributed by atoms with Crippen LogP contribution >= 0.6 is 0 Å². The van der Waals surface area contributed by atoms with Crippen molar-refractivity contribution in [2.45, 2.75) is 130 Å². The number of amides is 3. The molecule has 2 aliphatic rings. The van der Waals surface area contributed by atoms with Gasteiger partial charge in [0.15, 0.2) is 5.78 Å². The molecule has 1 unspecified atom stereocenters. The predicted molar refractivity (Wildman–Crippen MR) is 229 cm³/mol. The fraction of sp³-hybridized carbons (Fsp3) is 0.761. The molecule has 3 rings (SSSR count). The molecule has 2 saturated heterocycles. The van der Waals surface area contributed by atoms with Crippen LogP contribution in [0.25, 0.3) is 0 Å². The predicted octanol–water partition coefficient (Wildman–Crippen LogP) is 6.19. The van der Waals surface area contributed by atoms with Gasteiger partial charge in [0.1, 0.15) is 11.9 Å². The number of morpholine rings is 1. The van der Waals surface area contributed by atoms with E-state index in [4.69, 9.17) is 18.9 Å². The number of likely N-dealkylation sites (tertiary alicyclic amines) is 1. The summed E-state index contributed by atoms with van der Waals surface area (Å²) < 4.78 is 23.6. The highest BCUT2D eigenvalue weighted by molar-refractivity contribution is 5.90. The average molecular weight is 829 g/mol. The van der Waals surface area contributed by atoms with Crippen molar-refractivity contribution >= 4 is 29.5 Å². The SMILES string of the molecule is CC[C@H](C)[C@@H](C(CC(=O)N1CCC[C@H]1[C@H](OC)[C@@H](C)C(=O)C[C@H](C)[C@@H](OC(=O)N1CCOCC1)c1ccccc1)OC)N(C)C(=O)[C@@H](CC(=O)[C@@H](NC)C(C)C)C(C)C. The number of ketones is 2. The lowest BCUT2D eigenvalue weighted by molar-refractivity contribution is -0.149. The van der Waals surface area contributed by atoms with Crippen molar-refractivity contribution in [2.24, 2.45) is 35.5 Å². The van der Waals surface area contributed by atoms with E-state index < -0.39 is 42.3 Å². The van der Waals surface area contributed by atoms with E-state index in [1.54, 1.807) is 38.1 Å². The summed E-state index contributed by atoms with van der Waals surface area (Å²) in [4.78, 5) is 74.5. The van der Waals surface area contributed by atoms with Crippen LogP contribution in [-0.2, 0) is 38.1 Å². The summed E-state index contributed by atoms with van der Waals surface area (Å²) in [7, 11) is 6.71.